The molecular formula is C33H62NO6+. The Kier molecular flexibility index (Phi) is 22.7. The molecule has 7 nitrogen and oxygen atoms in total. The molecule has 0 bridgehead atoms. The second kappa shape index (κ2) is 23.8. The van der Waals surface area contributed by atoms with Crippen molar-refractivity contribution >= 4 is 17.9 Å². The molecule has 0 spiro atoms. The minimum absolute atomic E-state index is 0.478. The number of rotatable bonds is 29. The zero-order valence-corrected chi connectivity index (χ0v) is 26.1. The molecule has 0 rings (SSSR count). The molecule has 0 radical (unpaired) electrons. The van der Waals surface area contributed by atoms with Crippen molar-refractivity contribution in [3.63, 3.8) is 0 Å². The third-order valence-electron chi connectivity index (χ3n) is 8.66. The second-order valence-electron chi connectivity index (χ2n) is 12.3. The summed E-state index contributed by atoms with van der Waals surface area (Å²) in [5, 5.41) is 28.3. The maximum absolute atomic E-state index is 11.5. The van der Waals surface area contributed by atoms with Crippen molar-refractivity contribution in [2.75, 3.05) is 26.2 Å². The smallest absolute Gasteiger partial charge is 0.306 e. The van der Waals surface area contributed by atoms with Crippen LogP contribution in [-0.4, -0.2) is 63.9 Å². The molecule has 0 aromatic rings. The summed E-state index contributed by atoms with van der Waals surface area (Å²) in [5.74, 6) is -3.91. The number of hydrogen-bond acceptors (Lipinski definition) is 3. The lowest BCUT2D eigenvalue weighted by molar-refractivity contribution is -0.929. The number of carbonyl (C=O) groups is 3. The lowest BCUT2D eigenvalue weighted by Crippen LogP contribution is -2.52. The van der Waals surface area contributed by atoms with Gasteiger partial charge in [0, 0.05) is 19.3 Å². The van der Waals surface area contributed by atoms with Crippen molar-refractivity contribution in [2.24, 2.45) is 17.8 Å². The van der Waals surface area contributed by atoms with Crippen LogP contribution in [0.25, 0.3) is 0 Å². The van der Waals surface area contributed by atoms with E-state index in [1.807, 2.05) is 6.08 Å². The Bertz CT molecular complexity index is 635. The van der Waals surface area contributed by atoms with E-state index >= 15 is 0 Å². The van der Waals surface area contributed by atoms with Gasteiger partial charge in [-0.2, -0.15) is 0 Å². The van der Waals surface area contributed by atoms with Crippen LogP contribution in [-0.2, 0) is 14.4 Å². The van der Waals surface area contributed by atoms with Crippen LogP contribution in [0.1, 0.15) is 136 Å². The Hall–Kier alpha value is -1.89. The van der Waals surface area contributed by atoms with E-state index in [9.17, 15) is 29.7 Å². The van der Waals surface area contributed by atoms with Crippen LogP contribution in [0.5, 0.6) is 0 Å². The van der Waals surface area contributed by atoms with Crippen molar-refractivity contribution in [3.8, 4) is 0 Å². The van der Waals surface area contributed by atoms with E-state index in [1.54, 1.807) is 20.8 Å². The Labute approximate surface area is 245 Å². The average molecular weight is 569 g/mol. The van der Waals surface area contributed by atoms with E-state index in [-0.39, 0.29) is 0 Å². The van der Waals surface area contributed by atoms with Crippen molar-refractivity contribution < 1.29 is 34.2 Å². The van der Waals surface area contributed by atoms with E-state index in [0.717, 1.165) is 25.8 Å². The molecule has 0 heterocycles. The minimum atomic E-state index is -0.824. The maximum atomic E-state index is 11.5. The van der Waals surface area contributed by atoms with Crippen LogP contribution in [0, 0.1) is 17.8 Å². The summed E-state index contributed by atoms with van der Waals surface area (Å²) >= 11 is 0. The second-order valence-corrected chi connectivity index (χ2v) is 12.3. The Morgan fingerprint density at radius 3 is 1.07 bits per heavy atom. The van der Waals surface area contributed by atoms with Gasteiger partial charge in [-0.25, -0.2) is 0 Å². The molecular weight excluding hydrogens is 506 g/mol. The van der Waals surface area contributed by atoms with E-state index in [2.05, 4.69) is 6.58 Å². The summed E-state index contributed by atoms with van der Waals surface area (Å²) in [7, 11) is 0. The van der Waals surface area contributed by atoms with Gasteiger partial charge in [-0.05, 0) is 25.7 Å². The summed E-state index contributed by atoms with van der Waals surface area (Å²) < 4.78 is 0.612. The monoisotopic (exact) mass is 568 g/mol. The highest BCUT2D eigenvalue weighted by molar-refractivity contribution is 5.70. The highest BCUT2D eigenvalue weighted by Gasteiger charge is 2.31. The quantitative estimate of drug-likeness (QED) is 0.0476. The molecule has 234 valence electrons. The van der Waals surface area contributed by atoms with Crippen molar-refractivity contribution in [1.29, 1.82) is 0 Å². The molecule has 0 saturated carbocycles. The number of quaternary nitrogens is 1. The lowest BCUT2D eigenvalue weighted by Gasteiger charge is -2.40. The highest BCUT2D eigenvalue weighted by Crippen LogP contribution is 2.22. The predicted molar refractivity (Wildman–Crippen MR) is 163 cm³/mol. The van der Waals surface area contributed by atoms with Gasteiger partial charge >= 0.3 is 17.9 Å². The normalized spacial score (nSPS) is 15.2. The van der Waals surface area contributed by atoms with Gasteiger partial charge in [-0.15, -0.1) is 6.58 Å². The van der Waals surface area contributed by atoms with Gasteiger partial charge in [0.25, 0.3) is 0 Å². The number of nitrogens with zero attached hydrogens (tertiary/aromatic N) is 1. The number of aliphatic carboxylic acids is 3. The zero-order valence-electron chi connectivity index (χ0n) is 26.1. The van der Waals surface area contributed by atoms with Crippen LogP contribution in [0.2, 0.25) is 0 Å². The first-order chi connectivity index (χ1) is 19.0. The Morgan fingerprint density at radius 2 is 0.800 bits per heavy atom. The third kappa shape index (κ3) is 20.1. The summed E-state index contributed by atoms with van der Waals surface area (Å²) in [6.45, 7) is 11.7. The van der Waals surface area contributed by atoms with E-state index in [0.29, 0.717) is 43.4 Å². The number of hydrogen-bond donors (Lipinski definition) is 3. The van der Waals surface area contributed by atoms with Gasteiger partial charge in [0.05, 0.1) is 43.9 Å². The topological polar surface area (TPSA) is 112 Å². The Balaban J connectivity index is 4.60. The van der Waals surface area contributed by atoms with Gasteiger partial charge < -0.3 is 19.8 Å². The van der Waals surface area contributed by atoms with Crippen LogP contribution < -0.4 is 0 Å². The van der Waals surface area contributed by atoms with Crippen molar-refractivity contribution in [2.45, 2.75) is 136 Å². The first kappa shape index (κ1) is 38.1. The van der Waals surface area contributed by atoms with Gasteiger partial charge in [0.1, 0.15) is 0 Å². The first-order valence-electron chi connectivity index (χ1n) is 16.2. The fraction of sp³-hybridized carbons (Fsp3) is 0.848. The molecule has 7 heteroatoms. The number of carboxylic acid groups (broad SMARTS) is 3. The highest BCUT2D eigenvalue weighted by atomic mass is 16.4. The van der Waals surface area contributed by atoms with Crippen molar-refractivity contribution in [1.82, 2.24) is 0 Å². The summed E-state index contributed by atoms with van der Waals surface area (Å²) in [5.41, 5.74) is 0. The third-order valence-corrected chi connectivity index (χ3v) is 8.66. The van der Waals surface area contributed by atoms with Crippen LogP contribution >= 0.6 is 0 Å². The van der Waals surface area contributed by atoms with Crippen molar-refractivity contribution in [3.05, 3.63) is 12.7 Å². The molecule has 3 N–H and O–H groups in total. The molecule has 0 aromatic carbocycles. The van der Waals surface area contributed by atoms with Gasteiger partial charge in [0.2, 0.25) is 0 Å². The van der Waals surface area contributed by atoms with Crippen LogP contribution in [0.3, 0.4) is 0 Å². The summed E-state index contributed by atoms with van der Waals surface area (Å²) in [4.78, 5) is 34.4. The predicted octanol–water partition coefficient (Wildman–Crippen LogP) is 8.17. The maximum Gasteiger partial charge on any atom is 0.306 e. The molecule has 3 atom stereocenters. The molecule has 0 amide bonds. The van der Waals surface area contributed by atoms with Gasteiger partial charge in [-0.1, -0.05) is 97.5 Å². The fourth-order valence-corrected chi connectivity index (χ4v) is 5.30. The SMILES string of the molecule is C=CCCCCCCCCCCCCCCCC[N+](CCC(C)C(=O)O)(CCC(C)C(=O)O)CCC(C)C(=O)O. The number of carboxylic acids is 3. The molecule has 0 aliphatic carbocycles. The summed E-state index contributed by atoms with van der Waals surface area (Å²) in [6.07, 6.45) is 22.4. The molecule has 3 unspecified atom stereocenters. The lowest BCUT2D eigenvalue weighted by atomic mass is 10.0. The molecule has 0 aliphatic heterocycles. The molecule has 0 aromatic heterocycles. The summed E-state index contributed by atoms with van der Waals surface area (Å²) in [6, 6.07) is 0. The van der Waals surface area contributed by atoms with E-state index in [1.165, 1.54) is 77.0 Å². The van der Waals surface area contributed by atoms with Gasteiger partial charge in [0.15, 0.2) is 0 Å². The fourth-order valence-electron chi connectivity index (χ4n) is 5.30. The Morgan fingerprint density at radius 1 is 0.525 bits per heavy atom. The largest absolute Gasteiger partial charge is 0.481 e. The van der Waals surface area contributed by atoms with Crippen LogP contribution in [0.15, 0.2) is 12.7 Å². The zero-order chi connectivity index (χ0) is 30.2. The number of unbranched alkanes of at least 4 members (excludes halogenated alkanes) is 14. The molecule has 0 saturated heterocycles. The molecule has 0 aliphatic rings. The van der Waals surface area contributed by atoms with Gasteiger partial charge in [-0.3, -0.25) is 14.4 Å². The van der Waals surface area contributed by atoms with Crippen LogP contribution in [0.4, 0.5) is 0 Å². The first-order valence-corrected chi connectivity index (χ1v) is 16.2. The van der Waals surface area contributed by atoms with E-state index < -0.39 is 35.7 Å². The minimum Gasteiger partial charge on any atom is -0.481 e. The molecule has 0 fully saturated rings. The molecule has 40 heavy (non-hydrogen) atoms. The van der Waals surface area contributed by atoms with E-state index in [4.69, 9.17) is 0 Å². The average Bonchev–Trinajstić information content (AvgIpc) is 2.92. The number of allylic oxidation sites excluding steroid dienone is 1. The standard InChI is InChI=1S/C33H61NO6/c1-5-6-7-8-9-10-11-12-13-14-15-16-17-18-19-20-24-34(25-21-28(2)31(35)36,26-22-29(3)32(37)38)27-23-30(4)33(39)40/h5,28-30H,1,6-27H2,2-4H3,(H2-,35,36,37,38,39,40)/p+1.